The monoisotopic (exact) mass is 309 g/mol. The van der Waals surface area contributed by atoms with Crippen molar-refractivity contribution in [2.75, 3.05) is 5.88 Å². The first-order valence-electron chi connectivity index (χ1n) is 6.83. The van der Waals surface area contributed by atoms with Crippen LogP contribution in [0.4, 0.5) is 5.69 Å². The van der Waals surface area contributed by atoms with E-state index >= 15 is 0 Å². The Kier molecular flexibility index (Phi) is 5.27. The minimum absolute atomic E-state index is 0.0961. The SMILES string of the molecule is O=c1c2cc([N+](=O)[O-])ccc2ncn1CCCCCCCl. The fourth-order valence-corrected chi connectivity index (χ4v) is 2.34. The number of hydrogen-bond donors (Lipinski definition) is 0. The number of hydrogen-bond acceptors (Lipinski definition) is 4. The van der Waals surface area contributed by atoms with Crippen LogP contribution in [0.1, 0.15) is 25.7 Å². The van der Waals surface area contributed by atoms with Gasteiger partial charge in [0.25, 0.3) is 11.2 Å². The largest absolute Gasteiger partial charge is 0.299 e. The summed E-state index contributed by atoms with van der Waals surface area (Å²) in [5, 5.41) is 11.1. The molecule has 2 aromatic rings. The highest BCUT2D eigenvalue weighted by Crippen LogP contribution is 2.16. The van der Waals surface area contributed by atoms with Crippen molar-refractivity contribution in [1.82, 2.24) is 9.55 Å². The van der Waals surface area contributed by atoms with Crippen LogP contribution in [0.25, 0.3) is 10.9 Å². The summed E-state index contributed by atoms with van der Waals surface area (Å²) in [5.74, 6) is 0.654. The van der Waals surface area contributed by atoms with Gasteiger partial charge in [-0.15, -0.1) is 11.6 Å². The van der Waals surface area contributed by atoms with Crippen molar-refractivity contribution in [3.05, 3.63) is 45.0 Å². The molecule has 0 saturated carbocycles. The molecule has 0 atom stereocenters. The van der Waals surface area contributed by atoms with E-state index in [1.807, 2.05) is 0 Å². The minimum atomic E-state index is -0.512. The molecule has 112 valence electrons. The number of halogens is 1. The quantitative estimate of drug-likeness (QED) is 0.341. The van der Waals surface area contributed by atoms with E-state index in [9.17, 15) is 14.9 Å². The standard InChI is InChI=1S/C14H16ClN3O3/c15-7-3-1-2-4-8-17-10-16-13-6-5-11(18(20)21)9-12(13)14(17)19/h5-6,9-10H,1-4,7-8H2. The van der Waals surface area contributed by atoms with Gasteiger partial charge in [-0.25, -0.2) is 4.98 Å². The number of benzene rings is 1. The molecule has 1 heterocycles. The van der Waals surface area contributed by atoms with E-state index < -0.39 is 4.92 Å². The zero-order valence-corrected chi connectivity index (χ0v) is 12.3. The van der Waals surface area contributed by atoms with Crippen molar-refractivity contribution in [2.45, 2.75) is 32.2 Å². The number of aromatic nitrogens is 2. The summed E-state index contributed by atoms with van der Waals surface area (Å²) >= 11 is 5.61. The summed E-state index contributed by atoms with van der Waals surface area (Å²) < 4.78 is 1.51. The van der Waals surface area contributed by atoms with Crippen LogP contribution in [0.2, 0.25) is 0 Å². The Morgan fingerprint density at radius 2 is 2.00 bits per heavy atom. The molecule has 0 fully saturated rings. The second-order valence-corrected chi connectivity index (χ2v) is 5.18. The smallest absolute Gasteiger partial charge is 0.270 e. The van der Waals surface area contributed by atoms with Crippen LogP contribution in [0.15, 0.2) is 29.3 Å². The van der Waals surface area contributed by atoms with Gasteiger partial charge in [0.15, 0.2) is 0 Å². The van der Waals surface area contributed by atoms with Crippen molar-refractivity contribution in [3.63, 3.8) is 0 Å². The van der Waals surface area contributed by atoms with Crippen LogP contribution in [0, 0.1) is 10.1 Å². The van der Waals surface area contributed by atoms with Gasteiger partial charge in [0.05, 0.1) is 22.2 Å². The number of nitro groups is 1. The third-order valence-electron chi connectivity index (χ3n) is 3.30. The van der Waals surface area contributed by atoms with Gasteiger partial charge in [0, 0.05) is 24.6 Å². The van der Waals surface area contributed by atoms with Crippen LogP contribution in [0.3, 0.4) is 0 Å². The maximum absolute atomic E-state index is 12.3. The number of non-ortho nitro benzene ring substituents is 1. The molecule has 0 N–H and O–H groups in total. The van der Waals surface area contributed by atoms with Gasteiger partial charge in [-0.1, -0.05) is 12.8 Å². The highest BCUT2D eigenvalue weighted by Gasteiger charge is 2.10. The first kappa shape index (κ1) is 15.4. The Morgan fingerprint density at radius 3 is 2.71 bits per heavy atom. The van der Waals surface area contributed by atoms with Crippen LogP contribution >= 0.6 is 11.6 Å². The van der Waals surface area contributed by atoms with Gasteiger partial charge in [-0.2, -0.15) is 0 Å². The fourth-order valence-electron chi connectivity index (χ4n) is 2.15. The van der Waals surface area contributed by atoms with Gasteiger partial charge in [-0.05, 0) is 18.9 Å². The summed E-state index contributed by atoms with van der Waals surface area (Å²) in [6.07, 6.45) is 5.35. The van der Waals surface area contributed by atoms with Gasteiger partial charge >= 0.3 is 0 Å². The summed E-state index contributed by atoms with van der Waals surface area (Å²) in [7, 11) is 0. The molecule has 0 aliphatic carbocycles. The summed E-state index contributed by atoms with van der Waals surface area (Å²) in [5.41, 5.74) is 0.145. The molecule has 2 rings (SSSR count). The first-order chi connectivity index (χ1) is 10.1. The lowest BCUT2D eigenvalue weighted by atomic mass is 10.2. The number of nitro benzene ring substituents is 1. The number of nitrogens with zero attached hydrogens (tertiary/aromatic N) is 3. The fraction of sp³-hybridized carbons (Fsp3) is 0.429. The number of rotatable bonds is 7. The van der Waals surface area contributed by atoms with Crippen LogP contribution in [-0.2, 0) is 6.54 Å². The van der Waals surface area contributed by atoms with Gasteiger partial charge in [0.2, 0.25) is 0 Å². The molecule has 0 aliphatic rings. The van der Waals surface area contributed by atoms with E-state index in [0.29, 0.717) is 17.9 Å². The van der Waals surface area contributed by atoms with Gasteiger partial charge in [-0.3, -0.25) is 19.5 Å². The molecule has 0 bridgehead atoms. The maximum atomic E-state index is 12.3. The zero-order valence-electron chi connectivity index (χ0n) is 11.5. The number of aryl methyl sites for hydroxylation is 1. The second kappa shape index (κ2) is 7.17. The Balaban J connectivity index is 2.20. The Bertz CT molecular complexity index is 699. The first-order valence-corrected chi connectivity index (χ1v) is 7.36. The molecule has 0 unspecified atom stereocenters. The van der Waals surface area contributed by atoms with Crippen LogP contribution in [0.5, 0.6) is 0 Å². The van der Waals surface area contributed by atoms with E-state index in [-0.39, 0.29) is 16.6 Å². The van der Waals surface area contributed by atoms with Crippen LogP contribution < -0.4 is 5.56 Å². The average molecular weight is 310 g/mol. The lowest BCUT2D eigenvalue weighted by Crippen LogP contribution is -2.20. The third-order valence-corrected chi connectivity index (χ3v) is 3.57. The summed E-state index contributed by atoms with van der Waals surface area (Å²) in [6, 6.07) is 4.14. The number of alkyl halides is 1. The van der Waals surface area contributed by atoms with E-state index in [4.69, 9.17) is 11.6 Å². The predicted molar refractivity (Wildman–Crippen MR) is 81.8 cm³/mol. The number of unbranched alkanes of at least 4 members (excludes halogenated alkanes) is 3. The molecule has 0 saturated heterocycles. The van der Waals surface area contributed by atoms with Crippen molar-refractivity contribution in [2.24, 2.45) is 0 Å². The van der Waals surface area contributed by atoms with Gasteiger partial charge < -0.3 is 0 Å². The average Bonchev–Trinajstić information content (AvgIpc) is 2.49. The molecule has 1 aromatic carbocycles. The molecule has 21 heavy (non-hydrogen) atoms. The van der Waals surface area contributed by atoms with Crippen molar-refractivity contribution in [1.29, 1.82) is 0 Å². The van der Waals surface area contributed by atoms with Crippen LogP contribution in [-0.4, -0.2) is 20.4 Å². The van der Waals surface area contributed by atoms with Crippen molar-refractivity contribution in [3.8, 4) is 0 Å². The Labute approximate surface area is 126 Å². The van der Waals surface area contributed by atoms with Crippen molar-refractivity contribution >= 4 is 28.2 Å². The normalized spacial score (nSPS) is 10.9. The van der Waals surface area contributed by atoms with Gasteiger partial charge in [0.1, 0.15) is 0 Å². The zero-order chi connectivity index (χ0) is 15.2. The van der Waals surface area contributed by atoms with E-state index in [1.54, 1.807) is 0 Å². The third kappa shape index (κ3) is 3.78. The molecular weight excluding hydrogens is 294 g/mol. The molecule has 0 amide bonds. The highest BCUT2D eigenvalue weighted by atomic mass is 35.5. The van der Waals surface area contributed by atoms with E-state index in [1.165, 1.54) is 29.1 Å². The minimum Gasteiger partial charge on any atom is -0.299 e. The molecule has 0 aliphatic heterocycles. The molecule has 0 spiro atoms. The molecule has 1 aromatic heterocycles. The maximum Gasteiger partial charge on any atom is 0.270 e. The summed E-state index contributed by atoms with van der Waals surface area (Å²) in [4.78, 5) is 26.7. The molecule has 7 heteroatoms. The Morgan fingerprint density at radius 1 is 1.24 bits per heavy atom. The number of fused-ring (bicyclic) bond motifs is 1. The summed E-state index contributed by atoms with van der Waals surface area (Å²) in [6.45, 7) is 0.562. The molecule has 0 radical (unpaired) electrons. The lowest BCUT2D eigenvalue weighted by Gasteiger charge is -2.06. The lowest BCUT2D eigenvalue weighted by molar-refractivity contribution is -0.384. The van der Waals surface area contributed by atoms with E-state index in [2.05, 4.69) is 4.98 Å². The Hall–Kier alpha value is -1.95. The van der Waals surface area contributed by atoms with Crippen molar-refractivity contribution < 1.29 is 4.92 Å². The second-order valence-electron chi connectivity index (χ2n) is 4.80. The van der Waals surface area contributed by atoms with E-state index in [0.717, 1.165) is 25.7 Å². The highest BCUT2D eigenvalue weighted by molar-refractivity contribution is 6.17. The molecular formula is C14H16ClN3O3. The predicted octanol–water partition coefficient (Wildman–Crippen LogP) is 3.10. The molecule has 6 nitrogen and oxygen atoms in total. The topological polar surface area (TPSA) is 78.0 Å².